The second kappa shape index (κ2) is 11.7. The Labute approximate surface area is 178 Å². The van der Waals surface area contributed by atoms with Gasteiger partial charge in [-0.1, -0.05) is 88.4 Å². The summed E-state index contributed by atoms with van der Waals surface area (Å²) in [6.45, 7) is 8.07. The molecule has 0 bridgehead atoms. The molecule has 0 saturated carbocycles. The van der Waals surface area contributed by atoms with Crippen molar-refractivity contribution in [1.29, 1.82) is 0 Å². The first-order chi connectivity index (χ1) is 14.4. The first-order valence-electron chi connectivity index (χ1n) is 10.2. The maximum absolute atomic E-state index is 12.1. The van der Waals surface area contributed by atoms with Crippen LogP contribution in [0.5, 0.6) is 0 Å². The molecule has 2 N–H and O–H groups in total. The van der Waals surface area contributed by atoms with Crippen LogP contribution in [0.25, 0.3) is 0 Å². The average molecular weight is 407 g/mol. The van der Waals surface area contributed by atoms with Gasteiger partial charge in [0.15, 0.2) is 0 Å². The lowest BCUT2D eigenvalue weighted by molar-refractivity contribution is -0.126. The first kappa shape index (κ1) is 23.0. The summed E-state index contributed by atoms with van der Waals surface area (Å²) in [5.41, 5.74) is 8.63. The van der Waals surface area contributed by atoms with Crippen molar-refractivity contribution in [1.82, 2.24) is 10.9 Å². The highest BCUT2D eigenvalue weighted by molar-refractivity contribution is 6.03. The second-order valence-electron chi connectivity index (χ2n) is 7.61. The zero-order valence-electron chi connectivity index (χ0n) is 18.1. The highest BCUT2D eigenvalue weighted by atomic mass is 16.2. The summed E-state index contributed by atoms with van der Waals surface area (Å²) >= 11 is 0. The van der Waals surface area contributed by atoms with Gasteiger partial charge in [0.05, 0.1) is 11.4 Å². The minimum Gasteiger partial charge on any atom is -0.273 e. The molecule has 0 saturated heterocycles. The Kier molecular flexibility index (Phi) is 8.94. The summed E-state index contributed by atoms with van der Waals surface area (Å²) in [4.78, 5) is 24.3. The van der Waals surface area contributed by atoms with Crippen LogP contribution in [0.4, 0.5) is 0 Å². The lowest BCUT2D eigenvalue weighted by atomic mass is 10.0. The maximum Gasteiger partial charge on any atom is 0.240 e. The number of rotatable bonds is 9. The van der Waals surface area contributed by atoms with E-state index in [4.69, 9.17) is 0 Å². The Balaban J connectivity index is 1.90. The van der Waals surface area contributed by atoms with Crippen LogP contribution in [0, 0.1) is 11.8 Å². The van der Waals surface area contributed by atoms with Crippen molar-refractivity contribution >= 4 is 23.2 Å². The molecule has 0 aliphatic rings. The van der Waals surface area contributed by atoms with Crippen LogP contribution in [-0.4, -0.2) is 23.2 Å². The predicted molar refractivity (Wildman–Crippen MR) is 121 cm³/mol. The lowest BCUT2D eigenvalue weighted by Crippen LogP contribution is -2.26. The van der Waals surface area contributed by atoms with Gasteiger partial charge in [-0.25, -0.2) is 10.9 Å². The van der Waals surface area contributed by atoms with Gasteiger partial charge in [-0.15, -0.1) is 0 Å². The largest absolute Gasteiger partial charge is 0.273 e. The third-order valence-electron chi connectivity index (χ3n) is 4.41. The van der Waals surface area contributed by atoms with E-state index in [9.17, 15) is 9.59 Å². The van der Waals surface area contributed by atoms with Crippen molar-refractivity contribution in [2.24, 2.45) is 22.0 Å². The Morgan fingerprint density at radius 3 is 1.30 bits per heavy atom. The van der Waals surface area contributed by atoms with E-state index in [1.807, 2.05) is 88.4 Å². The number of hydrogen-bond acceptors (Lipinski definition) is 4. The summed E-state index contributed by atoms with van der Waals surface area (Å²) in [6, 6.07) is 19.4. The molecule has 0 unspecified atom stereocenters. The molecule has 0 atom stereocenters. The molecular weight excluding hydrogens is 376 g/mol. The molecule has 2 rings (SSSR count). The molecule has 6 heteroatoms. The molecule has 0 aliphatic heterocycles. The van der Waals surface area contributed by atoms with E-state index in [2.05, 4.69) is 21.1 Å². The van der Waals surface area contributed by atoms with Gasteiger partial charge in [-0.05, 0) is 23.0 Å². The van der Waals surface area contributed by atoms with E-state index in [1.54, 1.807) is 0 Å². The highest BCUT2D eigenvalue weighted by Crippen LogP contribution is 2.10. The maximum atomic E-state index is 12.1. The molecule has 6 nitrogen and oxygen atoms in total. The molecule has 0 fully saturated rings. The monoisotopic (exact) mass is 406 g/mol. The molecule has 2 amide bonds. The normalized spacial score (nSPS) is 12.2. The Morgan fingerprint density at radius 2 is 1.00 bits per heavy atom. The number of carbonyl (C=O) groups excluding carboxylic acids is 2. The van der Waals surface area contributed by atoms with Gasteiger partial charge < -0.3 is 0 Å². The van der Waals surface area contributed by atoms with Gasteiger partial charge in [0.2, 0.25) is 11.8 Å². The molecule has 0 heterocycles. The van der Waals surface area contributed by atoms with Crippen LogP contribution in [-0.2, 0) is 9.59 Å². The van der Waals surface area contributed by atoms with E-state index in [0.717, 1.165) is 22.6 Å². The van der Waals surface area contributed by atoms with Gasteiger partial charge in [-0.3, -0.25) is 9.59 Å². The number of hydrogen-bond donors (Lipinski definition) is 2. The minimum atomic E-state index is -0.310. The molecule has 158 valence electrons. The average Bonchev–Trinajstić information content (AvgIpc) is 2.73. The van der Waals surface area contributed by atoms with Crippen molar-refractivity contribution < 1.29 is 9.59 Å². The molecule has 0 aliphatic carbocycles. The fourth-order valence-corrected chi connectivity index (χ4v) is 2.86. The van der Waals surface area contributed by atoms with Gasteiger partial charge in [0.1, 0.15) is 0 Å². The number of carbonyl (C=O) groups is 2. The van der Waals surface area contributed by atoms with E-state index in [0.29, 0.717) is 0 Å². The summed E-state index contributed by atoms with van der Waals surface area (Å²) in [5, 5.41) is 8.53. The smallest absolute Gasteiger partial charge is 0.240 e. The summed E-state index contributed by atoms with van der Waals surface area (Å²) in [7, 11) is 0. The molecule has 0 aromatic heterocycles. The first-order valence-corrected chi connectivity index (χ1v) is 10.2. The summed E-state index contributed by atoms with van der Waals surface area (Å²) < 4.78 is 0. The molecule has 30 heavy (non-hydrogen) atoms. The van der Waals surface area contributed by atoms with Crippen LogP contribution < -0.4 is 10.9 Å². The van der Waals surface area contributed by atoms with Crippen molar-refractivity contribution in [2.45, 2.75) is 40.5 Å². The fraction of sp³-hybridized carbons (Fsp3) is 0.333. The standard InChI is InChI=1S/C24H30N4O2/c1-17(2)23(19-11-7-5-8-12-19)27-25-21(29)15-16-22(30)26-28-24(18(3)4)20-13-9-6-10-14-20/h5-14,17-18H,15-16H2,1-4H3,(H,25,29)(H,26,30). The molecule has 0 radical (unpaired) electrons. The SMILES string of the molecule is CC(C)C(=NNC(=O)CCC(=O)NN=C(c1ccccc1)C(C)C)c1ccccc1. The van der Waals surface area contributed by atoms with Gasteiger partial charge in [0.25, 0.3) is 0 Å². The van der Waals surface area contributed by atoms with E-state index in [-0.39, 0.29) is 36.5 Å². The van der Waals surface area contributed by atoms with Crippen LogP contribution in [0.2, 0.25) is 0 Å². The molecular formula is C24H30N4O2. The molecule has 2 aromatic rings. The van der Waals surface area contributed by atoms with Gasteiger partial charge in [-0.2, -0.15) is 10.2 Å². The van der Waals surface area contributed by atoms with E-state index < -0.39 is 0 Å². The number of hydrazone groups is 2. The van der Waals surface area contributed by atoms with Crippen LogP contribution in [0.3, 0.4) is 0 Å². The van der Waals surface area contributed by atoms with Crippen molar-refractivity contribution in [2.75, 3.05) is 0 Å². The zero-order valence-corrected chi connectivity index (χ0v) is 18.1. The van der Waals surface area contributed by atoms with Crippen molar-refractivity contribution in [3.05, 3.63) is 71.8 Å². The minimum absolute atomic E-state index is 0.0351. The lowest BCUT2D eigenvalue weighted by Gasteiger charge is -2.11. The zero-order chi connectivity index (χ0) is 21.9. The summed E-state index contributed by atoms with van der Waals surface area (Å²) in [5.74, 6) is -0.318. The fourth-order valence-electron chi connectivity index (χ4n) is 2.86. The van der Waals surface area contributed by atoms with E-state index in [1.165, 1.54) is 0 Å². The molecule has 2 aromatic carbocycles. The number of nitrogens with one attached hydrogen (secondary N) is 2. The third kappa shape index (κ3) is 7.28. The Bertz CT molecular complexity index is 812. The van der Waals surface area contributed by atoms with Crippen LogP contribution in [0.1, 0.15) is 51.7 Å². The quantitative estimate of drug-likeness (QED) is 0.485. The Hall–Kier alpha value is -3.28. The number of amides is 2. The van der Waals surface area contributed by atoms with Crippen molar-refractivity contribution in [3.63, 3.8) is 0 Å². The molecule has 0 spiro atoms. The van der Waals surface area contributed by atoms with Crippen LogP contribution in [0.15, 0.2) is 70.9 Å². The number of nitrogens with zero attached hydrogens (tertiary/aromatic N) is 2. The Morgan fingerprint density at radius 1 is 0.667 bits per heavy atom. The summed E-state index contributed by atoms with van der Waals surface area (Å²) in [6.07, 6.45) is 0.0702. The van der Waals surface area contributed by atoms with Crippen molar-refractivity contribution in [3.8, 4) is 0 Å². The predicted octanol–water partition coefficient (Wildman–Crippen LogP) is 4.12. The third-order valence-corrected chi connectivity index (χ3v) is 4.41. The topological polar surface area (TPSA) is 82.9 Å². The van der Waals surface area contributed by atoms with Gasteiger partial charge >= 0.3 is 0 Å². The second-order valence-corrected chi connectivity index (χ2v) is 7.61. The highest BCUT2D eigenvalue weighted by Gasteiger charge is 2.12. The van der Waals surface area contributed by atoms with E-state index >= 15 is 0 Å². The van der Waals surface area contributed by atoms with Crippen LogP contribution >= 0.6 is 0 Å². The van der Waals surface area contributed by atoms with Gasteiger partial charge in [0, 0.05) is 12.8 Å². The number of benzene rings is 2.